The molecule has 4 nitrogen and oxygen atoms in total. The Bertz CT molecular complexity index is 367. The summed E-state index contributed by atoms with van der Waals surface area (Å²) in [7, 11) is -3.36. The van der Waals surface area contributed by atoms with Gasteiger partial charge in [0.15, 0.2) is 0 Å². The van der Waals surface area contributed by atoms with Crippen molar-refractivity contribution in [2.75, 3.05) is 12.9 Å². The van der Waals surface area contributed by atoms with E-state index in [0.29, 0.717) is 0 Å². The molecule has 0 aromatic rings. The van der Waals surface area contributed by atoms with Crippen LogP contribution in [0.15, 0.2) is 11.6 Å². The minimum Gasteiger partial charge on any atom is -0.364 e. The first-order valence-corrected chi connectivity index (χ1v) is 7.20. The lowest BCUT2D eigenvalue weighted by Crippen LogP contribution is -2.16. The summed E-state index contributed by atoms with van der Waals surface area (Å²) in [5, 5.41) is 0. The number of epoxide rings is 1. The van der Waals surface area contributed by atoms with Gasteiger partial charge in [0.25, 0.3) is 10.1 Å². The summed E-state index contributed by atoms with van der Waals surface area (Å²) >= 11 is 0. The first-order valence-electron chi connectivity index (χ1n) is 5.38. The zero-order chi connectivity index (χ0) is 12.4. The van der Waals surface area contributed by atoms with Crippen LogP contribution < -0.4 is 0 Å². The van der Waals surface area contributed by atoms with Crippen molar-refractivity contribution in [2.45, 2.75) is 45.3 Å². The lowest BCUT2D eigenvalue weighted by molar-refractivity contribution is 0.253. The highest BCUT2D eigenvalue weighted by atomic mass is 32.2. The van der Waals surface area contributed by atoms with E-state index in [1.54, 1.807) is 0 Å². The smallest absolute Gasteiger partial charge is 0.264 e. The molecule has 2 atom stereocenters. The Balaban J connectivity index is 2.28. The fourth-order valence-corrected chi connectivity index (χ4v) is 1.92. The van der Waals surface area contributed by atoms with Crippen molar-refractivity contribution in [2.24, 2.45) is 0 Å². The highest BCUT2D eigenvalue weighted by Crippen LogP contribution is 2.40. The Kier molecular flexibility index (Phi) is 4.15. The number of hydrogen-bond donors (Lipinski definition) is 0. The Hall–Kier alpha value is -0.390. The number of ether oxygens (including phenoxy) is 1. The zero-order valence-electron chi connectivity index (χ0n) is 10.3. The van der Waals surface area contributed by atoms with Gasteiger partial charge in [-0.3, -0.25) is 4.18 Å². The highest BCUT2D eigenvalue weighted by molar-refractivity contribution is 7.85. The molecule has 0 radical (unpaired) electrons. The second kappa shape index (κ2) is 4.85. The van der Waals surface area contributed by atoms with E-state index in [2.05, 4.69) is 19.9 Å². The van der Waals surface area contributed by atoms with Gasteiger partial charge < -0.3 is 4.74 Å². The van der Waals surface area contributed by atoms with Gasteiger partial charge in [-0.25, -0.2) is 0 Å². The summed E-state index contributed by atoms with van der Waals surface area (Å²) in [5.74, 6) is 0. The van der Waals surface area contributed by atoms with Gasteiger partial charge in [0.05, 0.1) is 18.5 Å². The monoisotopic (exact) mass is 248 g/mol. The predicted octanol–water partition coefficient (Wildman–Crippen LogP) is 1.87. The fourth-order valence-electron chi connectivity index (χ4n) is 1.55. The normalized spacial score (nSPS) is 28.9. The second-order valence-electron chi connectivity index (χ2n) is 4.73. The Morgan fingerprint density at radius 3 is 2.62 bits per heavy atom. The van der Waals surface area contributed by atoms with Gasteiger partial charge >= 0.3 is 0 Å². The maximum Gasteiger partial charge on any atom is 0.264 e. The molecule has 0 N–H and O–H groups in total. The van der Waals surface area contributed by atoms with Crippen LogP contribution in [0.1, 0.15) is 33.6 Å². The van der Waals surface area contributed by atoms with Crippen molar-refractivity contribution in [1.29, 1.82) is 0 Å². The maximum absolute atomic E-state index is 10.8. The van der Waals surface area contributed by atoms with Crippen LogP contribution in [-0.4, -0.2) is 33.0 Å². The van der Waals surface area contributed by atoms with E-state index in [9.17, 15) is 8.42 Å². The third kappa shape index (κ3) is 4.63. The fraction of sp³-hybridized carbons (Fsp3) is 0.818. The summed E-state index contributed by atoms with van der Waals surface area (Å²) in [4.78, 5) is 0. The number of rotatable bonds is 6. The van der Waals surface area contributed by atoms with E-state index in [1.165, 1.54) is 5.57 Å². The standard InChI is InChI=1S/C11H20O4S/c1-9(2)6-5-7-11(3)10(15-11)8-14-16(4,12)13/h6,10H,5,7-8H2,1-4H3/t10-,11-/m0/s1. The molecule has 16 heavy (non-hydrogen) atoms. The molecule has 5 heteroatoms. The van der Waals surface area contributed by atoms with Crippen molar-refractivity contribution < 1.29 is 17.3 Å². The third-order valence-electron chi connectivity index (χ3n) is 2.66. The molecule has 94 valence electrons. The average Bonchev–Trinajstić information content (AvgIpc) is 2.72. The first-order chi connectivity index (χ1) is 7.23. The summed E-state index contributed by atoms with van der Waals surface area (Å²) in [6.45, 7) is 6.23. The molecule has 0 aromatic heterocycles. The number of hydrogen-bond acceptors (Lipinski definition) is 4. The topological polar surface area (TPSA) is 55.9 Å². The first kappa shape index (κ1) is 13.7. The molecule has 1 fully saturated rings. The van der Waals surface area contributed by atoms with Crippen LogP contribution in [0, 0.1) is 0 Å². The van der Waals surface area contributed by atoms with Crippen molar-refractivity contribution in [3.8, 4) is 0 Å². The average molecular weight is 248 g/mol. The Morgan fingerprint density at radius 2 is 2.12 bits per heavy atom. The van der Waals surface area contributed by atoms with E-state index < -0.39 is 10.1 Å². The molecule has 1 aliphatic heterocycles. The van der Waals surface area contributed by atoms with Crippen molar-refractivity contribution in [3.05, 3.63) is 11.6 Å². The third-order valence-corrected chi connectivity index (χ3v) is 3.23. The van der Waals surface area contributed by atoms with E-state index in [4.69, 9.17) is 8.92 Å². The summed E-state index contributed by atoms with van der Waals surface area (Å²) in [6, 6.07) is 0. The lowest BCUT2D eigenvalue weighted by atomic mass is 10.0. The van der Waals surface area contributed by atoms with E-state index in [1.807, 2.05) is 6.92 Å². The van der Waals surface area contributed by atoms with Crippen molar-refractivity contribution in [1.82, 2.24) is 0 Å². The molecule has 0 aliphatic carbocycles. The molecular weight excluding hydrogens is 228 g/mol. The Morgan fingerprint density at radius 1 is 1.50 bits per heavy atom. The van der Waals surface area contributed by atoms with Crippen LogP contribution in [0.25, 0.3) is 0 Å². The molecule has 1 heterocycles. The number of allylic oxidation sites excluding steroid dienone is 2. The molecule has 0 saturated carbocycles. The summed E-state index contributed by atoms with van der Waals surface area (Å²) in [5.41, 5.74) is 1.07. The van der Waals surface area contributed by atoms with Crippen molar-refractivity contribution in [3.63, 3.8) is 0 Å². The van der Waals surface area contributed by atoms with Gasteiger partial charge in [-0.2, -0.15) is 8.42 Å². The SMILES string of the molecule is CC(C)=CCC[C@]1(C)O[C@H]1COS(C)(=O)=O. The largest absolute Gasteiger partial charge is 0.364 e. The molecule has 0 amide bonds. The van der Waals surface area contributed by atoms with Crippen LogP contribution >= 0.6 is 0 Å². The van der Waals surface area contributed by atoms with Gasteiger partial charge in [0.2, 0.25) is 0 Å². The molecule has 0 bridgehead atoms. The second-order valence-corrected chi connectivity index (χ2v) is 6.37. The highest BCUT2D eigenvalue weighted by Gasteiger charge is 2.51. The maximum atomic E-state index is 10.8. The van der Waals surface area contributed by atoms with Crippen LogP contribution in [0.5, 0.6) is 0 Å². The molecular formula is C11H20O4S. The minimum absolute atomic E-state index is 0.0900. The lowest BCUT2D eigenvalue weighted by Gasteiger charge is -2.04. The predicted molar refractivity (Wildman–Crippen MR) is 62.7 cm³/mol. The molecule has 0 unspecified atom stereocenters. The van der Waals surface area contributed by atoms with E-state index >= 15 is 0 Å². The van der Waals surface area contributed by atoms with E-state index in [-0.39, 0.29) is 18.3 Å². The molecule has 0 spiro atoms. The van der Waals surface area contributed by atoms with Gasteiger partial charge in [-0.1, -0.05) is 11.6 Å². The quantitative estimate of drug-likeness (QED) is 0.409. The molecule has 1 saturated heterocycles. The summed E-state index contributed by atoms with van der Waals surface area (Å²) in [6.07, 6.45) is 4.97. The molecule has 0 aromatic carbocycles. The van der Waals surface area contributed by atoms with Gasteiger partial charge in [-0.05, 0) is 33.6 Å². The van der Waals surface area contributed by atoms with Gasteiger partial charge in [0.1, 0.15) is 6.10 Å². The van der Waals surface area contributed by atoms with Crippen LogP contribution in [0.2, 0.25) is 0 Å². The van der Waals surface area contributed by atoms with Gasteiger partial charge in [-0.15, -0.1) is 0 Å². The van der Waals surface area contributed by atoms with Crippen LogP contribution in [-0.2, 0) is 19.0 Å². The summed E-state index contributed by atoms with van der Waals surface area (Å²) < 4.78 is 31.8. The zero-order valence-corrected chi connectivity index (χ0v) is 11.1. The van der Waals surface area contributed by atoms with Crippen molar-refractivity contribution >= 4 is 10.1 Å². The van der Waals surface area contributed by atoms with E-state index in [0.717, 1.165) is 19.1 Å². The molecule has 1 rings (SSSR count). The van der Waals surface area contributed by atoms with Gasteiger partial charge in [0, 0.05) is 0 Å². The van der Waals surface area contributed by atoms with Crippen LogP contribution in [0.4, 0.5) is 0 Å². The molecule has 1 aliphatic rings. The Labute approximate surface area is 97.8 Å². The van der Waals surface area contributed by atoms with Crippen LogP contribution in [0.3, 0.4) is 0 Å². The minimum atomic E-state index is -3.36.